The van der Waals surface area contributed by atoms with Gasteiger partial charge in [-0.2, -0.15) is 0 Å². The molecule has 0 heterocycles. The van der Waals surface area contributed by atoms with Gasteiger partial charge >= 0.3 is 0 Å². The third-order valence-electron chi connectivity index (χ3n) is 0.729. The van der Waals surface area contributed by atoms with E-state index in [0.717, 1.165) is 0 Å². The Morgan fingerprint density at radius 3 is 2.50 bits per heavy atom. The van der Waals surface area contributed by atoms with E-state index < -0.39 is 0 Å². The van der Waals surface area contributed by atoms with Crippen molar-refractivity contribution in [3.63, 3.8) is 0 Å². The highest BCUT2D eigenvalue weighted by molar-refractivity contribution is 5.00. The highest BCUT2D eigenvalue weighted by Gasteiger charge is 1.74. The smallest absolute Gasteiger partial charge is 0.109 e. The van der Waals surface area contributed by atoms with Crippen LogP contribution in [0.1, 0.15) is 6.92 Å². The zero-order valence-corrected chi connectivity index (χ0v) is 5.98. The van der Waals surface area contributed by atoms with Crippen LogP contribution in [0.15, 0.2) is 0 Å². The van der Waals surface area contributed by atoms with Crippen molar-refractivity contribution in [2.75, 3.05) is 19.8 Å². The molecule has 0 bridgehead atoms. The monoisotopic (exact) mass is 138 g/mol. The van der Waals surface area contributed by atoms with Gasteiger partial charge in [-0.1, -0.05) is 17.8 Å². The van der Waals surface area contributed by atoms with Crippen LogP contribution in [0, 0.1) is 23.7 Å². The molecule has 0 aliphatic rings. The number of aliphatic hydroxyl groups excluding tert-OH is 1. The minimum atomic E-state index is -0.108. The van der Waals surface area contributed by atoms with Gasteiger partial charge in [0, 0.05) is 0 Å². The van der Waals surface area contributed by atoms with E-state index in [4.69, 9.17) is 9.84 Å². The number of ether oxygens (including phenoxy) is 1. The maximum atomic E-state index is 8.21. The van der Waals surface area contributed by atoms with Crippen LogP contribution in [0.5, 0.6) is 0 Å². The minimum Gasteiger partial charge on any atom is -0.384 e. The van der Waals surface area contributed by atoms with Gasteiger partial charge in [0.1, 0.15) is 19.8 Å². The molecule has 0 atom stereocenters. The van der Waals surface area contributed by atoms with Crippen LogP contribution < -0.4 is 0 Å². The topological polar surface area (TPSA) is 29.5 Å². The Balaban J connectivity index is 3.10. The molecule has 0 spiro atoms. The summed E-state index contributed by atoms with van der Waals surface area (Å²) in [6.45, 7) is 2.40. The molecular formula is C8H10O2. The van der Waals surface area contributed by atoms with Crippen LogP contribution >= 0.6 is 0 Å². The Morgan fingerprint density at radius 1 is 1.20 bits per heavy atom. The third kappa shape index (κ3) is 7.04. The van der Waals surface area contributed by atoms with Crippen molar-refractivity contribution in [2.45, 2.75) is 6.92 Å². The molecule has 2 heteroatoms. The molecule has 0 aliphatic carbocycles. The van der Waals surface area contributed by atoms with E-state index in [1.807, 2.05) is 0 Å². The second-order valence-electron chi connectivity index (χ2n) is 1.43. The van der Waals surface area contributed by atoms with Gasteiger partial charge in [0.15, 0.2) is 0 Å². The first-order valence-corrected chi connectivity index (χ1v) is 2.95. The normalized spacial score (nSPS) is 7.00. The largest absolute Gasteiger partial charge is 0.384 e. The van der Waals surface area contributed by atoms with E-state index in [1.54, 1.807) is 6.92 Å². The summed E-state index contributed by atoms with van der Waals surface area (Å²) >= 11 is 0. The molecule has 0 aromatic carbocycles. The van der Waals surface area contributed by atoms with E-state index in [2.05, 4.69) is 23.7 Å². The molecule has 10 heavy (non-hydrogen) atoms. The van der Waals surface area contributed by atoms with Crippen LogP contribution in [0.3, 0.4) is 0 Å². The summed E-state index contributed by atoms with van der Waals surface area (Å²) in [5.41, 5.74) is 0. The molecule has 2 nitrogen and oxygen atoms in total. The number of rotatable bonds is 2. The van der Waals surface area contributed by atoms with Gasteiger partial charge in [-0.15, -0.1) is 5.92 Å². The fourth-order valence-corrected chi connectivity index (χ4v) is 0.332. The molecule has 0 rings (SSSR count). The van der Waals surface area contributed by atoms with E-state index in [0.29, 0.717) is 13.2 Å². The van der Waals surface area contributed by atoms with Crippen LogP contribution in [-0.2, 0) is 4.74 Å². The van der Waals surface area contributed by atoms with E-state index in [9.17, 15) is 0 Å². The van der Waals surface area contributed by atoms with Gasteiger partial charge in [-0.05, 0) is 6.92 Å². The van der Waals surface area contributed by atoms with Crippen molar-refractivity contribution >= 4 is 0 Å². The van der Waals surface area contributed by atoms with E-state index >= 15 is 0 Å². The summed E-state index contributed by atoms with van der Waals surface area (Å²) in [4.78, 5) is 0. The summed E-state index contributed by atoms with van der Waals surface area (Å²) in [5.74, 6) is 10.5. The number of aliphatic hydroxyl groups is 1. The molecule has 0 saturated carbocycles. The lowest BCUT2D eigenvalue weighted by molar-refractivity contribution is 0.204. The molecule has 0 aromatic heterocycles. The Bertz CT molecular complexity index is 175. The number of hydrogen-bond donors (Lipinski definition) is 1. The van der Waals surface area contributed by atoms with Crippen LogP contribution in [-0.4, -0.2) is 24.9 Å². The molecular weight excluding hydrogens is 128 g/mol. The van der Waals surface area contributed by atoms with Crippen LogP contribution in [0.2, 0.25) is 0 Å². The van der Waals surface area contributed by atoms with Crippen molar-refractivity contribution in [1.82, 2.24) is 0 Å². The maximum Gasteiger partial charge on any atom is 0.109 e. The first kappa shape index (κ1) is 9.04. The zero-order valence-electron chi connectivity index (χ0n) is 5.98. The molecule has 0 saturated heterocycles. The van der Waals surface area contributed by atoms with Gasteiger partial charge in [0.05, 0.1) is 0 Å². The first-order valence-electron chi connectivity index (χ1n) is 2.95. The first-order chi connectivity index (χ1) is 4.91. The molecule has 0 amide bonds. The second kappa shape index (κ2) is 8.04. The predicted molar refractivity (Wildman–Crippen MR) is 39.1 cm³/mol. The summed E-state index contributed by atoms with van der Waals surface area (Å²) in [5, 5.41) is 8.21. The van der Waals surface area contributed by atoms with Gasteiger partial charge in [-0.25, -0.2) is 0 Å². The highest BCUT2D eigenvalue weighted by atomic mass is 16.5. The summed E-state index contributed by atoms with van der Waals surface area (Å²) < 4.78 is 4.92. The van der Waals surface area contributed by atoms with Crippen molar-refractivity contribution in [3.05, 3.63) is 0 Å². The Labute approximate surface area is 61.2 Å². The van der Waals surface area contributed by atoms with Gasteiger partial charge in [0.25, 0.3) is 0 Å². The molecule has 0 fully saturated rings. The summed E-state index contributed by atoms with van der Waals surface area (Å²) in [6, 6.07) is 0. The fourth-order valence-electron chi connectivity index (χ4n) is 0.332. The third-order valence-corrected chi connectivity index (χ3v) is 0.729. The van der Waals surface area contributed by atoms with Crippen molar-refractivity contribution in [3.8, 4) is 23.7 Å². The molecule has 1 N–H and O–H groups in total. The van der Waals surface area contributed by atoms with Crippen LogP contribution in [0.25, 0.3) is 0 Å². The Kier molecular flexibility index (Phi) is 7.27. The maximum absolute atomic E-state index is 8.21. The highest BCUT2D eigenvalue weighted by Crippen LogP contribution is 1.69. The van der Waals surface area contributed by atoms with Crippen molar-refractivity contribution in [2.24, 2.45) is 0 Å². The van der Waals surface area contributed by atoms with Crippen molar-refractivity contribution < 1.29 is 9.84 Å². The van der Waals surface area contributed by atoms with Crippen molar-refractivity contribution in [1.29, 1.82) is 0 Å². The molecule has 0 aromatic rings. The average molecular weight is 138 g/mol. The Morgan fingerprint density at radius 2 is 1.90 bits per heavy atom. The van der Waals surface area contributed by atoms with E-state index in [1.165, 1.54) is 0 Å². The molecule has 0 unspecified atom stereocenters. The lowest BCUT2D eigenvalue weighted by atomic mass is 10.6. The van der Waals surface area contributed by atoms with Crippen LogP contribution in [0.4, 0.5) is 0 Å². The lowest BCUT2D eigenvalue weighted by Gasteiger charge is -1.87. The quantitative estimate of drug-likeness (QED) is 0.430. The summed E-state index contributed by atoms with van der Waals surface area (Å²) in [6.07, 6.45) is 0. The zero-order chi connectivity index (χ0) is 7.66. The van der Waals surface area contributed by atoms with Gasteiger partial charge in [-0.3, -0.25) is 0 Å². The van der Waals surface area contributed by atoms with Gasteiger partial charge in [0.2, 0.25) is 0 Å². The fraction of sp³-hybridized carbons (Fsp3) is 0.500. The Hall–Kier alpha value is -0.960. The lowest BCUT2D eigenvalue weighted by Crippen LogP contribution is -1.91. The van der Waals surface area contributed by atoms with Gasteiger partial charge < -0.3 is 9.84 Å². The van der Waals surface area contributed by atoms with E-state index in [-0.39, 0.29) is 6.61 Å². The average Bonchev–Trinajstić information content (AvgIpc) is 1.97. The SMILES string of the molecule is CC#CCOCC#CCO. The molecule has 0 radical (unpaired) electrons. The predicted octanol–water partition coefficient (Wildman–Crippen LogP) is 0.0220. The second-order valence-corrected chi connectivity index (χ2v) is 1.43. The minimum absolute atomic E-state index is 0.108. The molecule has 54 valence electrons. The summed E-state index contributed by atoms with van der Waals surface area (Å²) in [7, 11) is 0. The standard InChI is InChI=1S/C8H10O2/c1-2-3-7-10-8-5-4-6-9/h9H,6-8H2,1H3. The molecule has 0 aliphatic heterocycles. The number of hydrogen-bond acceptors (Lipinski definition) is 2.